The average molecular weight is 826 g/mol. The number of pyridine rings is 1. The zero-order valence-electron chi connectivity index (χ0n) is 35.0. The maximum Gasteiger partial charge on any atom is 0.408 e. The van der Waals surface area contributed by atoms with Crippen LogP contribution in [0.2, 0.25) is 0 Å². The lowest BCUT2D eigenvalue weighted by Gasteiger charge is -2.33. The number of carbonyl (C=O) groups excluding carboxylic acids is 4. The Hall–Kier alpha value is -4.60. The van der Waals surface area contributed by atoms with E-state index in [0.29, 0.717) is 42.7 Å². The molecule has 2 aliphatic heterocycles. The summed E-state index contributed by atoms with van der Waals surface area (Å²) in [4.78, 5) is 62.9. The summed E-state index contributed by atoms with van der Waals surface area (Å²) in [5.74, 6) is -1.50. The molecule has 58 heavy (non-hydrogen) atoms. The molecule has 1 aromatic carbocycles. The maximum absolute atomic E-state index is 14.9. The van der Waals surface area contributed by atoms with Crippen molar-refractivity contribution in [3.8, 4) is 17.5 Å². The van der Waals surface area contributed by atoms with E-state index in [1.165, 1.54) is 4.90 Å². The third-order valence-corrected chi connectivity index (χ3v) is 13.7. The van der Waals surface area contributed by atoms with Gasteiger partial charge in [-0.3, -0.25) is 19.1 Å². The lowest BCUT2D eigenvalue weighted by Crippen LogP contribution is -2.59. The fourth-order valence-electron chi connectivity index (χ4n) is 7.89. The molecular weight excluding hydrogens is 767 g/mol. The Morgan fingerprint density at radius 2 is 1.81 bits per heavy atom. The molecule has 1 saturated heterocycles. The molecule has 16 heteroatoms. The minimum Gasteiger partial charge on any atom is -0.497 e. The highest BCUT2D eigenvalue weighted by Gasteiger charge is 2.63. The molecule has 15 nitrogen and oxygen atoms in total. The monoisotopic (exact) mass is 825 g/mol. The minimum absolute atomic E-state index is 0.00465. The number of hydrogen-bond acceptors (Lipinski definition) is 11. The molecule has 2 aromatic rings. The Kier molecular flexibility index (Phi) is 12.0. The molecule has 318 valence electrons. The topological polar surface area (TPSA) is 192 Å². The van der Waals surface area contributed by atoms with Gasteiger partial charge in [0.1, 0.15) is 35.1 Å². The summed E-state index contributed by atoms with van der Waals surface area (Å²) in [7, 11) is -2.45. The quantitative estimate of drug-likeness (QED) is 0.283. The molecule has 2 aliphatic carbocycles. The number of ether oxygens (including phenoxy) is 4. The van der Waals surface area contributed by atoms with Gasteiger partial charge in [0.2, 0.25) is 33.6 Å². The molecule has 3 fully saturated rings. The van der Waals surface area contributed by atoms with Crippen LogP contribution >= 0.6 is 0 Å². The van der Waals surface area contributed by atoms with Gasteiger partial charge in [0.25, 0.3) is 5.91 Å². The first-order chi connectivity index (χ1) is 27.1. The van der Waals surface area contributed by atoms with Gasteiger partial charge in [-0.05, 0) is 115 Å². The molecular formula is C42H59N5O10S. The Morgan fingerprint density at radius 3 is 2.47 bits per heavy atom. The summed E-state index contributed by atoms with van der Waals surface area (Å²) in [6.07, 6.45) is 5.15. The molecule has 7 atom stereocenters. The van der Waals surface area contributed by atoms with E-state index in [1.54, 1.807) is 46.9 Å². The Morgan fingerprint density at radius 1 is 1.09 bits per heavy atom. The molecule has 2 saturated carbocycles. The normalized spacial score (nSPS) is 29.2. The number of amides is 4. The number of aromatic nitrogens is 1. The van der Waals surface area contributed by atoms with Crippen LogP contribution in [-0.2, 0) is 29.1 Å². The van der Waals surface area contributed by atoms with Crippen molar-refractivity contribution in [3.63, 3.8) is 0 Å². The van der Waals surface area contributed by atoms with E-state index in [2.05, 4.69) is 27.3 Å². The van der Waals surface area contributed by atoms with Crippen molar-refractivity contribution in [1.82, 2.24) is 25.2 Å². The van der Waals surface area contributed by atoms with Crippen molar-refractivity contribution in [2.45, 2.75) is 141 Å². The van der Waals surface area contributed by atoms with Gasteiger partial charge in [0, 0.05) is 23.8 Å². The van der Waals surface area contributed by atoms with Crippen LogP contribution in [0.5, 0.6) is 17.5 Å². The Labute approximate surface area is 341 Å². The molecule has 1 unspecified atom stereocenters. The van der Waals surface area contributed by atoms with E-state index < -0.39 is 73.8 Å². The SMILES string of the molecule is COc1ccc2c(O[C@@H]3C[C@H]4C(=O)N[C@]5(C(=O)NS(=O)(=O)C6(C)CC6)CC5/C=C\CC[C@H](C)C[C@@H](C)[C@H](NC(=O)OC(C)(C)C)C(=O)N4C3)nc(OC(C)C)cc2c1. The zero-order chi connectivity index (χ0) is 42.4. The number of rotatable bonds is 9. The minimum atomic E-state index is -4.02. The van der Waals surface area contributed by atoms with Crippen LogP contribution in [0.25, 0.3) is 10.8 Å². The van der Waals surface area contributed by atoms with Crippen molar-refractivity contribution >= 4 is 44.6 Å². The van der Waals surface area contributed by atoms with Gasteiger partial charge in [-0.2, -0.15) is 4.98 Å². The van der Waals surface area contributed by atoms with E-state index in [0.717, 1.165) is 11.8 Å². The second-order valence-electron chi connectivity index (χ2n) is 18.1. The molecule has 4 aliphatic rings. The number of nitrogens with one attached hydrogen (secondary N) is 3. The van der Waals surface area contributed by atoms with E-state index in [4.69, 9.17) is 18.9 Å². The number of methoxy groups -OCH3 is 1. The van der Waals surface area contributed by atoms with Crippen LogP contribution in [0.4, 0.5) is 4.79 Å². The fraction of sp³-hybridized carbons (Fsp3) is 0.643. The van der Waals surface area contributed by atoms with Crippen LogP contribution in [0.15, 0.2) is 36.4 Å². The molecule has 0 radical (unpaired) electrons. The highest BCUT2D eigenvalue weighted by Crippen LogP contribution is 2.48. The van der Waals surface area contributed by atoms with Crippen molar-refractivity contribution in [2.75, 3.05) is 13.7 Å². The standard InChI is InChI=1S/C42H59N5O10S/c1-24(2)55-33-20-27-19-29(54-9)14-15-31(27)36(43-33)56-30-21-32-35(48)45-42(38(50)46-58(52,53)41(8)16-17-41)22-28(42)13-11-10-12-25(3)18-26(4)34(37(49)47(32)23-30)44-39(51)57-40(5,6)7/h11,13-15,19-20,24-26,28,30,32,34H,10,12,16-18,21-23H2,1-9H3,(H,44,51)(H,45,48)(H,46,50)/b13-11-/t25-,26+,28?,30+,32-,34-,42+/m0/s1. The summed E-state index contributed by atoms with van der Waals surface area (Å²) in [5, 5.41) is 7.12. The van der Waals surface area contributed by atoms with Gasteiger partial charge < -0.3 is 34.5 Å². The molecule has 0 spiro atoms. The third kappa shape index (κ3) is 9.47. The molecule has 1 aromatic heterocycles. The van der Waals surface area contributed by atoms with Crippen molar-refractivity contribution < 1.29 is 46.5 Å². The summed E-state index contributed by atoms with van der Waals surface area (Å²) in [5.41, 5.74) is -2.38. The number of hydrogen-bond donors (Lipinski definition) is 3. The van der Waals surface area contributed by atoms with Crippen molar-refractivity contribution in [2.24, 2.45) is 17.8 Å². The number of benzene rings is 1. The number of fused-ring (bicyclic) bond motifs is 3. The van der Waals surface area contributed by atoms with Gasteiger partial charge in [-0.25, -0.2) is 13.2 Å². The highest BCUT2D eigenvalue weighted by atomic mass is 32.2. The number of alkyl carbamates (subject to hydrolysis) is 1. The Balaban J connectivity index is 1.37. The first-order valence-corrected chi connectivity index (χ1v) is 21.8. The summed E-state index contributed by atoms with van der Waals surface area (Å²) in [6, 6.07) is 4.96. The number of sulfonamides is 1. The predicted octanol–water partition coefficient (Wildman–Crippen LogP) is 5.16. The van der Waals surface area contributed by atoms with Gasteiger partial charge in [0.15, 0.2) is 0 Å². The van der Waals surface area contributed by atoms with Crippen LogP contribution in [0.1, 0.15) is 100 Å². The van der Waals surface area contributed by atoms with E-state index >= 15 is 0 Å². The molecule has 0 bridgehead atoms. The van der Waals surface area contributed by atoms with Gasteiger partial charge in [0.05, 0.1) is 24.5 Å². The lowest BCUT2D eigenvalue weighted by molar-refractivity contribution is -0.142. The van der Waals surface area contributed by atoms with Crippen LogP contribution in [-0.4, -0.2) is 95.9 Å². The van der Waals surface area contributed by atoms with Gasteiger partial charge >= 0.3 is 6.09 Å². The second-order valence-corrected chi connectivity index (χ2v) is 20.3. The van der Waals surface area contributed by atoms with E-state index in [9.17, 15) is 27.6 Å². The van der Waals surface area contributed by atoms with Gasteiger partial charge in [-0.15, -0.1) is 0 Å². The van der Waals surface area contributed by atoms with Crippen LogP contribution in [0, 0.1) is 17.8 Å². The number of nitrogens with zero attached hydrogens (tertiary/aromatic N) is 2. The molecule has 4 amide bonds. The molecule has 3 heterocycles. The average Bonchev–Trinajstić information content (AvgIpc) is 4.00. The first-order valence-electron chi connectivity index (χ1n) is 20.3. The fourth-order valence-corrected chi connectivity index (χ4v) is 9.20. The first kappa shape index (κ1) is 43.0. The zero-order valence-corrected chi connectivity index (χ0v) is 35.9. The van der Waals surface area contributed by atoms with Crippen molar-refractivity contribution in [3.05, 3.63) is 36.4 Å². The van der Waals surface area contributed by atoms with E-state index in [-0.39, 0.29) is 43.2 Å². The smallest absolute Gasteiger partial charge is 0.408 e. The number of carbonyl (C=O) groups is 4. The summed E-state index contributed by atoms with van der Waals surface area (Å²) < 4.78 is 51.3. The lowest BCUT2D eigenvalue weighted by atomic mass is 9.88. The number of allylic oxidation sites excluding steroid dienone is 1. The summed E-state index contributed by atoms with van der Waals surface area (Å²) in [6.45, 7) is 14.4. The van der Waals surface area contributed by atoms with Crippen LogP contribution < -0.4 is 29.6 Å². The van der Waals surface area contributed by atoms with Gasteiger partial charge in [-0.1, -0.05) is 26.0 Å². The highest BCUT2D eigenvalue weighted by molar-refractivity contribution is 7.91. The second kappa shape index (κ2) is 16.2. The summed E-state index contributed by atoms with van der Waals surface area (Å²) >= 11 is 0. The largest absolute Gasteiger partial charge is 0.497 e. The Bertz CT molecular complexity index is 2060. The maximum atomic E-state index is 14.9. The van der Waals surface area contributed by atoms with E-state index in [1.807, 2.05) is 45.1 Å². The third-order valence-electron chi connectivity index (χ3n) is 11.5. The van der Waals surface area contributed by atoms with Crippen molar-refractivity contribution in [1.29, 1.82) is 0 Å². The van der Waals surface area contributed by atoms with Crippen LogP contribution in [0.3, 0.4) is 0 Å². The molecule has 3 N–H and O–H groups in total. The predicted molar refractivity (Wildman–Crippen MR) is 217 cm³/mol. The molecule has 6 rings (SSSR count).